The summed E-state index contributed by atoms with van der Waals surface area (Å²) in [6.07, 6.45) is 4.54. The lowest BCUT2D eigenvalue weighted by atomic mass is 10.4. The molecule has 0 unspecified atom stereocenters. The summed E-state index contributed by atoms with van der Waals surface area (Å²) >= 11 is 0. The first kappa shape index (κ1) is 5.22. The van der Waals surface area contributed by atoms with E-state index < -0.39 is 0 Å². The van der Waals surface area contributed by atoms with Crippen LogP contribution in [0.25, 0.3) is 0 Å². The molecule has 0 aromatic carbocycles. The average molecular weight is 107 g/mol. The van der Waals surface area contributed by atoms with Crippen molar-refractivity contribution in [2.24, 2.45) is 0 Å². The average Bonchev–Trinajstić information content (AvgIpc) is 1.77. The normalized spacial score (nSPS) is 9.25. The SMILES string of the molecule is Cc1[c]nc(C)nc1. The van der Waals surface area contributed by atoms with Crippen molar-refractivity contribution in [3.8, 4) is 0 Å². The molecular formula is C6H7N2. The lowest BCUT2D eigenvalue weighted by Crippen LogP contribution is -1.85. The van der Waals surface area contributed by atoms with Gasteiger partial charge in [-0.3, -0.25) is 0 Å². The van der Waals surface area contributed by atoms with Gasteiger partial charge in [0.25, 0.3) is 0 Å². The summed E-state index contributed by atoms with van der Waals surface area (Å²) in [5.74, 6) is 0.774. The Hall–Kier alpha value is -0.920. The molecular weight excluding hydrogens is 100 g/mol. The largest absolute Gasteiger partial charge is 0.241 e. The van der Waals surface area contributed by atoms with Gasteiger partial charge < -0.3 is 0 Å². The molecule has 0 aliphatic rings. The second-order valence-corrected chi connectivity index (χ2v) is 1.71. The quantitative estimate of drug-likeness (QED) is 0.492. The molecule has 1 heterocycles. The van der Waals surface area contributed by atoms with Gasteiger partial charge in [-0.15, -0.1) is 0 Å². The molecule has 0 fully saturated rings. The minimum absolute atomic E-state index is 0.774. The summed E-state index contributed by atoms with van der Waals surface area (Å²) in [4.78, 5) is 7.78. The minimum Gasteiger partial charge on any atom is -0.241 e. The van der Waals surface area contributed by atoms with Gasteiger partial charge in [0.1, 0.15) is 5.82 Å². The molecule has 41 valence electrons. The van der Waals surface area contributed by atoms with E-state index in [0.717, 1.165) is 11.4 Å². The van der Waals surface area contributed by atoms with Gasteiger partial charge in [-0.1, -0.05) is 0 Å². The fourth-order valence-electron chi connectivity index (χ4n) is 0.417. The van der Waals surface area contributed by atoms with Gasteiger partial charge in [0.2, 0.25) is 0 Å². The first-order valence-corrected chi connectivity index (χ1v) is 2.47. The zero-order valence-electron chi connectivity index (χ0n) is 4.97. The van der Waals surface area contributed by atoms with Gasteiger partial charge in [-0.05, 0) is 19.4 Å². The second-order valence-electron chi connectivity index (χ2n) is 1.71. The lowest BCUT2D eigenvalue weighted by molar-refractivity contribution is 1.02. The Balaban J connectivity index is 3.03. The van der Waals surface area contributed by atoms with Crippen LogP contribution in [0.2, 0.25) is 0 Å². The topological polar surface area (TPSA) is 25.8 Å². The maximum atomic E-state index is 3.94. The standard InChI is InChI=1S/C6H7N2/c1-5-3-7-6(2)8-4-5/h3H,1-2H3. The van der Waals surface area contributed by atoms with Crippen LogP contribution in [0.1, 0.15) is 11.4 Å². The number of rotatable bonds is 0. The van der Waals surface area contributed by atoms with Crippen molar-refractivity contribution in [2.45, 2.75) is 13.8 Å². The van der Waals surface area contributed by atoms with Crippen molar-refractivity contribution >= 4 is 0 Å². The van der Waals surface area contributed by atoms with Crippen molar-refractivity contribution < 1.29 is 0 Å². The molecule has 0 aliphatic heterocycles. The molecule has 0 saturated carbocycles. The Bertz CT molecular complexity index is 145. The highest BCUT2D eigenvalue weighted by Crippen LogP contribution is 1.88. The Kier molecular flexibility index (Phi) is 1.24. The zero-order valence-corrected chi connectivity index (χ0v) is 4.97. The first-order chi connectivity index (χ1) is 3.79. The summed E-state index contributed by atoms with van der Waals surface area (Å²) < 4.78 is 0. The highest BCUT2D eigenvalue weighted by atomic mass is 14.8. The third-order valence-corrected chi connectivity index (χ3v) is 0.839. The molecule has 1 rings (SSSR count). The van der Waals surface area contributed by atoms with Crippen LogP contribution in [0.3, 0.4) is 0 Å². The van der Waals surface area contributed by atoms with Gasteiger partial charge in [0, 0.05) is 6.20 Å². The van der Waals surface area contributed by atoms with E-state index >= 15 is 0 Å². The van der Waals surface area contributed by atoms with Crippen LogP contribution in [0.15, 0.2) is 6.20 Å². The first-order valence-electron chi connectivity index (χ1n) is 2.47. The van der Waals surface area contributed by atoms with Crippen LogP contribution < -0.4 is 0 Å². The second kappa shape index (κ2) is 1.90. The van der Waals surface area contributed by atoms with Gasteiger partial charge >= 0.3 is 0 Å². The summed E-state index contributed by atoms with van der Waals surface area (Å²) in [7, 11) is 0. The number of aryl methyl sites for hydroxylation is 2. The van der Waals surface area contributed by atoms with Gasteiger partial charge in [0.05, 0.1) is 6.20 Å². The molecule has 0 amide bonds. The smallest absolute Gasteiger partial charge is 0.125 e. The van der Waals surface area contributed by atoms with E-state index in [9.17, 15) is 0 Å². The van der Waals surface area contributed by atoms with E-state index in [4.69, 9.17) is 0 Å². The van der Waals surface area contributed by atoms with Crippen molar-refractivity contribution in [1.29, 1.82) is 0 Å². The van der Waals surface area contributed by atoms with Crippen LogP contribution in [0.5, 0.6) is 0 Å². The highest BCUT2D eigenvalue weighted by molar-refractivity contribution is 4.98. The van der Waals surface area contributed by atoms with E-state index in [2.05, 4.69) is 16.2 Å². The Morgan fingerprint density at radius 1 is 1.50 bits per heavy atom. The maximum absolute atomic E-state index is 3.94. The molecule has 2 nitrogen and oxygen atoms in total. The van der Waals surface area contributed by atoms with E-state index in [1.54, 1.807) is 6.20 Å². The van der Waals surface area contributed by atoms with E-state index in [1.165, 1.54) is 0 Å². The van der Waals surface area contributed by atoms with Crippen LogP contribution in [-0.4, -0.2) is 9.97 Å². The molecule has 0 N–H and O–H groups in total. The highest BCUT2D eigenvalue weighted by Gasteiger charge is 1.83. The van der Waals surface area contributed by atoms with E-state index in [1.807, 2.05) is 13.8 Å². The van der Waals surface area contributed by atoms with Crippen molar-refractivity contribution in [2.75, 3.05) is 0 Å². The molecule has 0 saturated heterocycles. The van der Waals surface area contributed by atoms with Crippen LogP contribution >= 0.6 is 0 Å². The molecule has 0 atom stereocenters. The zero-order chi connectivity index (χ0) is 5.98. The molecule has 1 aromatic heterocycles. The maximum Gasteiger partial charge on any atom is 0.125 e. The van der Waals surface area contributed by atoms with E-state index in [0.29, 0.717) is 0 Å². The van der Waals surface area contributed by atoms with Crippen LogP contribution in [0, 0.1) is 20.0 Å². The number of hydrogen-bond donors (Lipinski definition) is 0. The van der Waals surface area contributed by atoms with Crippen LogP contribution in [0.4, 0.5) is 0 Å². The molecule has 1 aromatic rings. The van der Waals surface area contributed by atoms with Crippen molar-refractivity contribution in [3.63, 3.8) is 0 Å². The number of aromatic nitrogens is 2. The fourth-order valence-corrected chi connectivity index (χ4v) is 0.417. The number of hydrogen-bond acceptors (Lipinski definition) is 2. The van der Waals surface area contributed by atoms with Gasteiger partial charge in [0.15, 0.2) is 0 Å². The Labute approximate surface area is 48.6 Å². The minimum atomic E-state index is 0.774. The fraction of sp³-hybridized carbons (Fsp3) is 0.333. The predicted octanol–water partition coefficient (Wildman–Crippen LogP) is 0.894. The van der Waals surface area contributed by atoms with Crippen molar-refractivity contribution in [1.82, 2.24) is 9.97 Å². The van der Waals surface area contributed by atoms with Gasteiger partial charge in [-0.25, -0.2) is 9.97 Å². The molecule has 8 heavy (non-hydrogen) atoms. The predicted molar refractivity (Wildman–Crippen MR) is 30.3 cm³/mol. The molecule has 0 aliphatic carbocycles. The molecule has 0 spiro atoms. The van der Waals surface area contributed by atoms with Gasteiger partial charge in [-0.2, -0.15) is 0 Å². The third kappa shape index (κ3) is 1.03. The Morgan fingerprint density at radius 3 is 2.62 bits per heavy atom. The third-order valence-electron chi connectivity index (χ3n) is 0.839. The molecule has 1 radical (unpaired) electrons. The van der Waals surface area contributed by atoms with Crippen molar-refractivity contribution in [3.05, 3.63) is 23.8 Å². The Morgan fingerprint density at radius 2 is 2.25 bits per heavy atom. The lowest BCUT2D eigenvalue weighted by Gasteiger charge is -1.87. The summed E-state index contributed by atoms with van der Waals surface area (Å²) in [5, 5.41) is 0. The summed E-state index contributed by atoms with van der Waals surface area (Å²) in [6, 6.07) is 0. The summed E-state index contributed by atoms with van der Waals surface area (Å²) in [6.45, 7) is 3.76. The number of nitrogens with zero attached hydrogens (tertiary/aromatic N) is 2. The molecule has 2 heteroatoms. The van der Waals surface area contributed by atoms with Crippen LogP contribution in [-0.2, 0) is 0 Å². The monoisotopic (exact) mass is 107 g/mol. The molecule has 0 bridgehead atoms. The van der Waals surface area contributed by atoms with E-state index in [-0.39, 0.29) is 0 Å². The summed E-state index contributed by atoms with van der Waals surface area (Å²) in [5.41, 5.74) is 0.982.